The van der Waals surface area contributed by atoms with Crippen LogP contribution >= 0.6 is 11.8 Å². The Hall–Kier alpha value is -1.71. The number of nitrogen functional groups attached to an aromatic ring is 1. The summed E-state index contributed by atoms with van der Waals surface area (Å²) in [5.41, 5.74) is 0.687. The lowest BCUT2D eigenvalue weighted by Crippen LogP contribution is -2.12. The van der Waals surface area contributed by atoms with Crippen LogP contribution in [0.15, 0.2) is 12.1 Å². The number of rotatable bonds is 5. The fourth-order valence-electron chi connectivity index (χ4n) is 1.08. The Morgan fingerprint density at radius 2 is 2.17 bits per heavy atom. The predicted octanol–water partition coefficient (Wildman–Crippen LogP) is 2.24. The Bertz CT molecular complexity index is 441. The van der Waals surface area contributed by atoms with E-state index < -0.39 is 10.4 Å². The third kappa shape index (κ3) is 4.65. The molecule has 0 aliphatic carbocycles. The number of pyridine rings is 1. The van der Waals surface area contributed by atoms with Gasteiger partial charge in [0.15, 0.2) is 0 Å². The van der Waals surface area contributed by atoms with Crippen LogP contribution in [0.3, 0.4) is 0 Å². The van der Waals surface area contributed by atoms with E-state index in [2.05, 4.69) is 10.3 Å². The Morgan fingerprint density at radius 1 is 1.50 bits per heavy atom. The van der Waals surface area contributed by atoms with E-state index in [4.69, 9.17) is 5.73 Å². The molecule has 0 bridgehead atoms. The highest BCUT2D eigenvalue weighted by atomic mass is 32.2. The number of hydrogen-bond donors (Lipinski definition) is 2. The van der Waals surface area contributed by atoms with Crippen molar-refractivity contribution in [2.45, 2.75) is 5.51 Å². The molecule has 6 nitrogen and oxygen atoms in total. The third-order valence-electron chi connectivity index (χ3n) is 1.75. The highest BCUT2D eigenvalue weighted by Gasteiger charge is 2.27. The highest BCUT2D eigenvalue weighted by molar-refractivity contribution is 8.00. The van der Waals surface area contributed by atoms with Gasteiger partial charge in [0.1, 0.15) is 5.82 Å². The molecule has 0 saturated heterocycles. The number of nitrogens with two attached hydrogens (primary N) is 1. The molecular weight excluding hydrogens is 273 g/mol. The van der Waals surface area contributed by atoms with Crippen LogP contribution in [-0.2, 0) is 0 Å². The fourth-order valence-corrected chi connectivity index (χ4v) is 1.52. The van der Waals surface area contributed by atoms with E-state index in [0.29, 0.717) is 0 Å². The van der Waals surface area contributed by atoms with Gasteiger partial charge in [-0.2, -0.15) is 13.2 Å². The van der Waals surface area contributed by atoms with Crippen molar-refractivity contribution in [3.05, 3.63) is 22.2 Å². The zero-order valence-electron chi connectivity index (χ0n) is 8.90. The van der Waals surface area contributed by atoms with E-state index in [1.54, 1.807) is 0 Å². The first kappa shape index (κ1) is 14.4. The first-order valence-corrected chi connectivity index (χ1v) is 5.63. The van der Waals surface area contributed by atoms with Crippen LogP contribution in [0.2, 0.25) is 0 Å². The van der Waals surface area contributed by atoms with Crippen molar-refractivity contribution in [1.29, 1.82) is 0 Å². The summed E-state index contributed by atoms with van der Waals surface area (Å²) in [5.74, 6) is -0.369. The summed E-state index contributed by atoms with van der Waals surface area (Å²) < 4.78 is 35.5. The second kappa shape index (κ2) is 5.76. The largest absolute Gasteiger partial charge is 0.441 e. The minimum Gasteiger partial charge on any atom is -0.384 e. The fraction of sp³-hybridized carbons (Fsp3) is 0.375. The Kier molecular flexibility index (Phi) is 4.59. The van der Waals surface area contributed by atoms with Gasteiger partial charge < -0.3 is 11.1 Å². The molecule has 0 saturated carbocycles. The summed E-state index contributed by atoms with van der Waals surface area (Å²) in [6, 6.07) is 2.38. The van der Waals surface area contributed by atoms with Gasteiger partial charge in [0.25, 0.3) is 0 Å². The second-order valence-electron chi connectivity index (χ2n) is 3.08. The van der Waals surface area contributed by atoms with Crippen LogP contribution in [0.5, 0.6) is 0 Å². The Balaban J connectivity index is 2.61. The zero-order valence-corrected chi connectivity index (χ0v) is 9.72. The van der Waals surface area contributed by atoms with Crippen molar-refractivity contribution in [2.75, 3.05) is 23.3 Å². The van der Waals surface area contributed by atoms with Crippen molar-refractivity contribution in [1.82, 2.24) is 4.98 Å². The van der Waals surface area contributed by atoms with Gasteiger partial charge in [-0.25, -0.2) is 4.98 Å². The molecule has 3 N–H and O–H groups in total. The van der Waals surface area contributed by atoms with Crippen molar-refractivity contribution < 1.29 is 18.1 Å². The molecule has 1 aromatic rings. The molecule has 100 valence electrons. The molecular formula is C8H9F3N4O2S. The molecule has 1 aromatic heterocycles. The third-order valence-corrected chi connectivity index (χ3v) is 2.49. The minimum absolute atomic E-state index is 0.0478. The van der Waals surface area contributed by atoms with E-state index in [9.17, 15) is 23.3 Å². The number of anilines is 2. The van der Waals surface area contributed by atoms with Gasteiger partial charge in [0, 0.05) is 18.4 Å². The monoisotopic (exact) mass is 282 g/mol. The normalized spacial score (nSPS) is 11.3. The van der Waals surface area contributed by atoms with E-state index in [1.165, 1.54) is 6.07 Å². The summed E-state index contributed by atoms with van der Waals surface area (Å²) in [6.07, 6.45) is 0. The molecule has 0 aliphatic rings. The predicted molar refractivity (Wildman–Crippen MR) is 62.3 cm³/mol. The van der Waals surface area contributed by atoms with Gasteiger partial charge in [-0.15, -0.1) is 0 Å². The summed E-state index contributed by atoms with van der Waals surface area (Å²) in [7, 11) is 0. The first-order valence-electron chi connectivity index (χ1n) is 4.65. The molecule has 1 rings (SSSR count). The first-order chi connectivity index (χ1) is 8.29. The Labute approximate surface area is 104 Å². The molecule has 0 radical (unpaired) electrons. The van der Waals surface area contributed by atoms with Crippen molar-refractivity contribution in [2.24, 2.45) is 0 Å². The van der Waals surface area contributed by atoms with Crippen LogP contribution in [0, 0.1) is 10.1 Å². The van der Waals surface area contributed by atoms with Gasteiger partial charge in [0.05, 0.1) is 4.92 Å². The van der Waals surface area contributed by atoms with Crippen LogP contribution in [0.25, 0.3) is 0 Å². The molecule has 0 spiro atoms. The van der Waals surface area contributed by atoms with Crippen LogP contribution < -0.4 is 11.1 Å². The van der Waals surface area contributed by atoms with Gasteiger partial charge in [-0.1, -0.05) is 0 Å². The molecule has 0 amide bonds. The number of hydrogen-bond acceptors (Lipinski definition) is 6. The van der Waals surface area contributed by atoms with Crippen LogP contribution in [0.1, 0.15) is 0 Å². The lowest BCUT2D eigenvalue weighted by molar-refractivity contribution is -0.384. The smallest absolute Gasteiger partial charge is 0.384 e. The average molecular weight is 282 g/mol. The maximum absolute atomic E-state index is 11.8. The Morgan fingerprint density at radius 3 is 2.72 bits per heavy atom. The van der Waals surface area contributed by atoms with Gasteiger partial charge in [0.2, 0.25) is 5.82 Å². The minimum atomic E-state index is -4.32. The number of aromatic nitrogens is 1. The molecule has 18 heavy (non-hydrogen) atoms. The summed E-state index contributed by atoms with van der Waals surface area (Å²) in [5, 5.41) is 13.1. The standard InChI is InChI=1S/C8H9F3N4O2S/c9-8(10,11)18-4-3-13-7-5(15(16)17)1-2-6(12)14-7/h1-2H,3-4H2,(H3,12,13,14). The van der Waals surface area contributed by atoms with Crippen molar-refractivity contribution in [3.8, 4) is 0 Å². The lowest BCUT2D eigenvalue weighted by atomic mass is 10.3. The maximum Gasteiger partial charge on any atom is 0.441 e. The maximum atomic E-state index is 11.8. The van der Waals surface area contributed by atoms with Crippen LogP contribution in [0.4, 0.5) is 30.5 Å². The molecule has 0 unspecified atom stereocenters. The lowest BCUT2D eigenvalue weighted by Gasteiger charge is -2.08. The summed E-state index contributed by atoms with van der Waals surface area (Å²) >= 11 is -0.220. The van der Waals surface area contributed by atoms with Crippen molar-refractivity contribution in [3.63, 3.8) is 0 Å². The summed E-state index contributed by atoms with van der Waals surface area (Å²) in [4.78, 5) is 13.6. The number of nitro groups is 1. The number of nitrogens with one attached hydrogen (secondary N) is 1. The molecule has 0 fully saturated rings. The number of nitrogens with zero attached hydrogens (tertiary/aromatic N) is 2. The second-order valence-corrected chi connectivity index (χ2v) is 4.24. The van der Waals surface area contributed by atoms with Gasteiger partial charge in [-0.05, 0) is 17.8 Å². The van der Waals surface area contributed by atoms with Gasteiger partial charge >= 0.3 is 11.2 Å². The number of thioether (sulfide) groups is 1. The van der Waals surface area contributed by atoms with E-state index >= 15 is 0 Å². The van der Waals surface area contributed by atoms with E-state index in [1.807, 2.05) is 0 Å². The topological polar surface area (TPSA) is 94.1 Å². The highest BCUT2D eigenvalue weighted by Crippen LogP contribution is 2.30. The zero-order chi connectivity index (χ0) is 13.8. The van der Waals surface area contributed by atoms with Crippen molar-refractivity contribution >= 4 is 29.1 Å². The van der Waals surface area contributed by atoms with Crippen LogP contribution in [-0.4, -0.2) is 27.7 Å². The van der Waals surface area contributed by atoms with E-state index in [0.717, 1.165) is 6.07 Å². The summed E-state index contributed by atoms with van der Waals surface area (Å²) in [6.45, 7) is -0.110. The SMILES string of the molecule is Nc1ccc([N+](=O)[O-])c(NCCSC(F)(F)F)n1. The molecule has 0 atom stereocenters. The van der Waals surface area contributed by atoms with Gasteiger partial charge in [-0.3, -0.25) is 10.1 Å². The average Bonchev–Trinajstić information content (AvgIpc) is 2.22. The van der Waals surface area contributed by atoms with E-state index in [-0.39, 0.29) is 41.4 Å². The molecule has 10 heteroatoms. The molecule has 0 aromatic carbocycles. The number of halogens is 3. The molecule has 0 aliphatic heterocycles. The molecule has 1 heterocycles. The quantitative estimate of drug-likeness (QED) is 0.488. The number of alkyl halides is 3.